The van der Waals surface area contributed by atoms with E-state index in [0.717, 1.165) is 21.3 Å². The molecule has 0 amide bonds. The summed E-state index contributed by atoms with van der Waals surface area (Å²) in [4.78, 5) is 0. The van der Waals surface area contributed by atoms with Crippen molar-refractivity contribution in [3.63, 3.8) is 0 Å². The van der Waals surface area contributed by atoms with Gasteiger partial charge in [0.2, 0.25) is 0 Å². The summed E-state index contributed by atoms with van der Waals surface area (Å²) >= 11 is 3.45. The predicted octanol–water partition coefficient (Wildman–Crippen LogP) is 3.19. The number of nitrogens with two attached hydrogens (primary N) is 1. The summed E-state index contributed by atoms with van der Waals surface area (Å²) in [6.45, 7) is 0.875. The van der Waals surface area contributed by atoms with Crippen molar-refractivity contribution in [2.45, 2.75) is 13.2 Å². The molecule has 0 unspecified atom stereocenters. The second-order valence-electron chi connectivity index (χ2n) is 3.89. The molecule has 0 saturated heterocycles. The van der Waals surface area contributed by atoms with Crippen molar-refractivity contribution in [2.24, 2.45) is 5.73 Å². The lowest BCUT2D eigenvalue weighted by Gasteiger charge is -2.12. The fourth-order valence-corrected chi connectivity index (χ4v) is 2.15. The predicted molar refractivity (Wildman–Crippen MR) is 74.5 cm³/mol. The van der Waals surface area contributed by atoms with Crippen molar-refractivity contribution in [1.82, 2.24) is 0 Å². The first-order valence-electron chi connectivity index (χ1n) is 5.59. The van der Waals surface area contributed by atoms with Crippen molar-refractivity contribution in [3.8, 4) is 11.5 Å². The molecule has 2 aromatic carbocycles. The maximum Gasteiger partial charge on any atom is 0.138 e. The molecule has 0 atom stereocenters. The van der Waals surface area contributed by atoms with Crippen molar-refractivity contribution in [3.05, 3.63) is 58.1 Å². The number of hydrogen-bond donors (Lipinski definition) is 2. The van der Waals surface area contributed by atoms with Gasteiger partial charge in [-0.3, -0.25) is 0 Å². The van der Waals surface area contributed by atoms with E-state index in [1.807, 2.05) is 30.3 Å². The van der Waals surface area contributed by atoms with Gasteiger partial charge in [0.1, 0.15) is 18.1 Å². The lowest BCUT2D eigenvalue weighted by Crippen LogP contribution is -2.03. The molecular formula is C14H14BrNO2. The Balaban J connectivity index is 2.12. The number of phenolic OH excluding ortho intramolecular Hbond substituents is 1. The number of rotatable bonds is 4. The fourth-order valence-electron chi connectivity index (χ4n) is 1.62. The minimum absolute atomic E-state index is 0.252. The van der Waals surface area contributed by atoms with Crippen LogP contribution in [0.4, 0.5) is 0 Å². The van der Waals surface area contributed by atoms with Crippen LogP contribution in [0.1, 0.15) is 11.1 Å². The number of para-hydroxylation sites is 1. The van der Waals surface area contributed by atoms with Gasteiger partial charge in [-0.15, -0.1) is 0 Å². The Morgan fingerprint density at radius 1 is 1.11 bits per heavy atom. The van der Waals surface area contributed by atoms with Gasteiger partial charge in [-0.2, -0.15) is 0 Å². The summed E-state index contributed by atoms with van der Waals surface area (Å²) in [7, 11) is 0. The number of aromatic hydroxyl groups is 1. The zero-order chi connectivity index (χ0) is 13.0. The van der Waals surface area contributed by atoms with E-state index in [1.165, 1.54) is 0 Å². The van der Waals surface area contributed by atoms with Crippen LogP contribution in [0.3, 0.4) is 0 Å². The highest BCUT2D eigenvalue weighted by molar-refractivity contribution is 9.10. The molecule has 3 nitrogen and oxygen atoms in total. The standard InChI is InChI=1S/C14H14BrNO2/c15-13-3-1-2-11(8-16)14(13)18-9-10-4-6-12(17)7-5-10/h1-7,17H,8-9,16H2. The molecule has 3 N–H and O–H groups in total. The Kier molecular flexibility index (Phi) is 4.23. The molecular weight excluding hydrogens is 294 g/mol. The monoisotopic (exact) mass is 307 g/mol. The Morgan fingerprint density at radius 2 is 1.83 bits per heavy atom. The number of ether oxygens (including phenoxy) is 1. The van der Waals surface area contributed by atoms with Gasteiger partial charge in [0.15, 0.2) is 0 Å². The summed E-state index contributed by atoms with van der Waals surface area (Å²) in [5, 5.41) is 9.20. The average Bonchev–Trinajstić information content (AvgIpc) is 2.39. The van der Waals surface area contributed by atoms with Crippen molar-refractivity contribution in [2.75, 3.05) is 0 Å². The zero-order valence-corrected chi connectivity index (χ0v) is 11.4. The number of benzene rings is 2. The van der Waals surface area contributed by atoms with Gasteiger partial charge >= 0.3 is 0 Å². The van der Waals surface area contributed by atoms with Crippen LogP contribution in [0.15, 0.2) is 46.9 Å². The van der Waals surface area contributed by atoms with Crippen LogP contribution in [0.5, 0.6) is 11.5 Å². The van der Waals surface area contributed by atoms with Gasteiger partial charge in [0, 0.05) is 12.1 Å². The highest BCUT2D eigenvalue weighted by atomic mass is 79.9. The molecule has 0 radical (unpaired) electrons. The minimum atomic E-state index is 0.252. The van der Waals surface area contributed by atoms with Crippen LogP contribution in [0, 0.1) is 0 Å². The SMILES string of the molecule is NCc1cccc(Br)c1OCc1ccc(O)cc1. The summed E-state index contributed by atoms with van der Waals surface area (Å²) in [6.07, 6.45) is 0. The summed E-state index contributed by atoms with van der Waals surface area (Å²) in [5.41, 5.74) is 7.63. The molecule has 2 aromatic rings. The molecule has 18 heavy (non-hydrogen) atoms. The van der Waals surface area contributed by atoms with E-state index in [1.54, 1.807) is 12.1 Å². The van der Waals surface area contributed by atoms with Crippen molar-refractivity contribution >= 4 is 15.9 Å². The van der Waals surface area contributed by atoms with E-state index in [9.17, 15) is 5.11 Å². The lowest BCUT2D eigenvalue weighted by molar-refractivity contribution is 0.301. The normalized spacial score (nSPS) is 10.3. The first-order valence-corrected chi connectivity index (χ1v) is 6.38. The molecule has 0 aliphatic rings. The van der Waals surface area contributed by atoms with Gasteiger partial charge in [0.05, 0.1) is 4.47 Å². The Labute approximate surface area is 114 Å². The highest BCUT2D eigenvalue weighted by Gasteiger charge is 2.06. The fraction of sp³-hybridized carbons (Fsp3) is 0.143. The smallest absolute Gasteiger partial charge is 0.138 e. The van der Waals surface area contributed by atoms with E-state index in [-0.39, 0.29) is 5.75 Å². The van der Waals surface area contributed by atoms with Gasteiger partial charge in [0.25, 0.3) is 0 Å². The first kappa shape index (κ1) is 12.9. The molecule has 0 aromatic heterocycles. The number of halogens is 1. The molecule has 0 aliphatic heterocycles. The van der Waals surface area contributed by atoms with Crippen LogP contribution < -0.4 is 10.5 Å². The number of hydrogen-bond acceptors (Lipinski definition) is 3. The maximum absolute atomic E-state index is 9.20. The van der Waals surface area contributed by atoms with Crippen molar-refractivity contribution < 1.29 is 9.84 Å². The molecule has 2 rings (SSSR count). The van der Waals surface area contributed by atoms with E-state index in [0.29, 0.717) is 13.2 Å². The minimum Gasteiger partial charge on any atom is -0.508 e. The molecule has 0 fully saturated rings. The third kappa shape index (κ3) is 3.03. The largest absolute Gasteiger partial charge is 0.508 e. The summed E-state index contributed by atoms with van der Waals surface area (Å²) in [5.74, 6) is 1.02. The van der Waals surface area contributed by atoms with Crippen LogP contribution in [-0.2, 0) is 13.2 Å². The van der Waals surface area contributed by atoms with Gasteiger partial charge < -0.3 is 15.6 Å². The number of phenols is 1. The molecule has 0 saturated carbocycles. The van der Waals surface area contributed by atoms with Gasteiger partial charge in [-0.25, -0.2) is 0 Å². The zero-order valence-electron chi connectivity index (χ0n) is 9.77. The van der Waals surface area contributed by atoms with E-state index >= 15 is 0 Å². The van der Waals surface area contributed by atoms with E-state index in [2.05, 4.69) is 15.9 Å². The average molecular weight is 308 g/mol. The van der Waals surface area contributed by atoms with Crippen LogP contribution in [-0.4, -0.2) is 5.11 Å². The van der Waals surface area contributed by atoms with E-state index < -0.39 is 0 Å². The first-order chi connectivity index (χ1) is 8.70. The van der Waals surface area contributed by atoms with Crippen LogP contribution >= 0.6 is 15.9 Å². The second-order valence-corrected chi connectivity index (χ2v) is 4.74. The highest BCUT2D eigenvalue weighted by Crippen LogP contribution is 2.29. The van der Waals surface area contributed by atoms with Gasteiger partial charge in [-0.05, 0) is 39.7 Å². The molecule has 0 aliphatic carbocycles. The molecule has 0 spiro atoms. The quantitative estimate of drug-likeness (QED) is 0.912. The van der Waals surface area contributed by atoms with Crippen LogP contribution in [0.2, 0.25) is 0 Å². The third-order valence-corrected chi connectivity index (χ3v) is 3.21. The molecule has 0 heterocycles. The third-order valence-electron chi connectivity index (χ3n) is 2.59. The van der Waals surface area contributed by atoms with Gasteiger partial charge in [-0.1, -0.05) is 24.3 Å². The van der Waals surface area contributed by atoms with E-state index in [4.69, 9.17) is 10.5 Å². The lowest BCUT2D eigenvalue weighted by atomic mass is 10.2. The topological polar surface area (TPSA) is 55.5 Å². The summed E-state index contributed by atoms with van der Waals surface area (Å²) in [6, 6.07) is 12.7. The summed E-state index contributed by atoms with van der Waals surface area (Å²) < 4.78 is 6.67. The maximum atomic E-state index is 9.20. The molecule has 94 valence electrons. The second kappa shape index (κ2) is 5.89. The Bertz CT molecular complexity index is 526. The van der Waals surface area contributed by atoms with Crippen molar-refractivity contribution in [1.29, 1.82) is 0 Å². The van der Waals surface area contributed by atoms with Crippen LogP contribution in [0.25, 0.3) is 0 Å². The molecule has 0 bridgehead atoms. The molecule has 4 heteroatoms. The Morgan fingerprint density at radius 3 is 2.50 bits per heavy atom. The Hall–Kier alpha value is -1.52.